The standard InChI is InChI=1S/C12H16ClNO3/c1-9-8-10(13)2-3-11(9)12(17)14(4-6-15)5-7-16/h2-3,8,15-16H,4-7H2,1H3. The van der Waals surface area contributed by atoms with Crippen LogP contribution < -0.4 is 0 Å². The first-order valence-electron chi connectivity index (χ1n) is 5.37. The molecule has 0 aromatic heterocycles. The van der Waals surface area contributed by atoms with Crippen LogP contribution in [0.4, 0.5) is 0 Å². The number of nitrogens with zero attached hydrogens (tertiary/aromatic N) is 1. The molecule has 0 bridgehead atoms. The van der Waals surface area contributed by atoms with Crippen molar-refractivity contribution in [2.75, 3.05) is 26.3 Å². The summed E-state index contributed by atoms with van der Waals surface area (Å²) in [6.07, 6.45) is 0. The van der Waals surface area contributed by atoms with Crippen LogP contribution in [-0.2, 0) is 0 Å². The molecule has 1 rings (SSSR count). The molecule has 1 amide bonds. The van der Waals surface area contributed by atoms with Crippen LogP contribution in [0.3, 0.4) is 0 Å². The number of hydrogen-bond acceptors (Lipinski definition) is 3. The first kappa shape index (κ1) is 14.0. The Labute approximate surface area is 105 Å². The molecule has 0 fully saturated rings. The number of carbonyl (C=O) groups excluding carboxylic acids is 1. The van der Waals surface area contributed by atoms with Gasteiger partial charge in [-0.3, -0.25) is 4.79 Å². The van der Waals surface area contributed by atoms with Gasteiger partial charge in [-0.05, 0) is 30.7 Å². The Morgan fingerprint density at radius 3 is 2.35 bits per heavy atom. The zero-order chi connectivity index (χ0) is 12.8. The zero-order valence-corrected chi connectivity index (χ0v) is 10.4. The SMILES string of the molecule is Cc1cc(Cl)ccc1C(=O)N(CCO)CCO. The van der Waals surface area contributed by atoms with E-state index < -0.39 is 0 Å². The Balaban J connectivity index is 2.92. The van der Waals surface area contributed by atoms with Crippen molar-refractivity contribution in [1.82, 2.24) is 4.90 Å². The van der Waals surface area contributed by atoms with Crippen molar-refractivity contribution in [3.63, 3.8) is 0 Å². The van der Waals surface area contributed by atoms with Crippen molar-refractivity contribution >= 4 is 17.5 Å². The van der Waals surface area contributed by atoms with Crippen LogP contribution in [-0.4, -0.2) is 47.3 Å². The summed E-state index contributed by atoms with van der Waals surface area (Å²) in [5.41, 5.74) is 1.32. The molecule has 1 aromatic rings. The van der Waals surface area contributed by atoms with E-state index >= 15 is 0 Å². The number of amides is 1. The van der Waals surface area contributed by atoms with Crippen LogP contribution in [0, 0.1) is 6.92 Å². The predicted molar refractivity (Wildman–Crippen MR) is 66.3 cm³/mol. The van der Waals surface area contributed by atoms with Gasteiger partial charge in [-0.15, -0.1) is 0 Å². The van der Waals surface area contributed by atoms with Gasteiger partial charge in [0.1, 0.15) is 0 Å². The minimum atomic E-state index is -0.206. The lowest BCUT2D eigenvalue weighted by molar-refractivity contribution is 0.0684. The average molecular weight is 258 g/mol. The maximum absolute atomic E-state index is 12.1. The molecule has 0 aliphatic heterocycles. The molecule has 0 saturated carbocycles. The van der Waals surface area contributed by atoms with Gasteiger partial charge in [0.25, 0.3) is 5.91 Å². The van der Waals surface area contributed by atoms with Crippen molar-refractivity contribution in [2.24, 2.45) is 0 Å². The molecule has 0 aliphatic carbocycles. The topological polar surface area (TPSA) is 60.8 Å². The Bertz CT molecular complexity index is 389. The van der Waals surface area contributed by atoms with Gasteiger partial charge < -0.3 is 15.1 Å². The molecule has 94 valence electrons. The molecule has 1 aromatic carbocycles. The number of benzene rings is 1. The number of aliphatic hydroxyl groups excluding tert-OH is 2. The van der Waals surface area contributed by atoms with Crippen LogP contribution >= 0.6 is 11.6 Å². The monoisotopic (exact) mass is 257 g/mol. The third kappa shape index (κ3) is 3.70. The Morgan fingerprint density at radius 1 is 1.29 bits per heavy atom. The highest BCUT2D eigenvalue weighted by molar-refractivity contribution is 6.30. The number of rotatable bonds is 5. The quantitative estimate of drug-likeness (QED) is 0.830. The maximum atomic E-state index is 12.1. The van der Waals surface area contributed by atoms with E-state index in [0.29, 0.717) is 10.6 Å². The molecule has 17 heavy (non-hydrogen) atoms. The lowest BCUT2D eigenvalue weighted by atomic mass is 10.1. The van der Waals surface area contributed by atoms with E-state index in [2.05, 4.69) is 0 Å². The number of aliphatic hydroxyl groups is 2. The summed E-state index contributed by atoms with van der Waals surface area (Å²) >= 11 is 5.82. The molecule has 0 unspecified atom stereocenters. The third-order valence-electron chi connectivity index (χ3n) is 2.45. The van der Waals surface area contributed by atoms with Gasteiger partial charge in [-0.25, -0.2) is 0 Å². The van der Waals surface area contributed by atoms with E-state index in [1.165, 1.54) is 4.90 Å². The van der Waals surface area contributed by atoms with Gasteiger partial charge in [-0.2, -0.15) is 0 Å². The number of halogens is 1. The minimum Gasteiger partial charge on any atom is -0.395 e. The van der Waals surface area contributed by atoms with E-state index in [1.807, 2.05) is 0 Å². The summed E-state index contributed by atoms with van der Waals surface area (Å²) in [7, 11) is 0. The first-order chi connectivity index (χ1) is 8.10. The van der Waals surface area contributed by atoms with Crippen LogP contribution in [0.1, 0.15) is 15.9 Å². The highest BCUT2D eigenvalue weighted by Gasteiger charge is 2.16. The Kier molecular flexibility index (Phi) is 5.41. The Morgan fingerprint density at radius 2 is 1.88 bits per heavy atom. The summed E-state index contributed by atoms with van der Waals surface area (Å²) in [5, 5.41) is 18.3. The Hall–Kier alpha value is -1.10. The summed E-state index contributed by atoms with van der Waals surface area (Å²) in [5.74, 6) is -0.206. The molecule has 0 saturated heterocycles. The van der Waals surface area contributed by atoms with Gasteiger partial charge in [-0.1, -0.05) is 11.6 Å². The molecular weight excluding hydrogens is 242 g/mol. The fourth-order valence-electron chi connectivity index (χ4n) is 1.59. The van der Waals surface area contributed by atoms with Crippen molar-refractivity contribution < 1.29 is 15.0 Å². The molecule has 0 radical (unpaired) electrons. The summed E-state index contributed by atoms with van der Waals surface area (Å²) in [4.78, 5) is 13.5. The van der Waals surface area contributed by atoms with Crippen molar-refractivity contribution in [1.29, 1.82) is 0 Å². The normalized spacial score (nSPS) is 10.4. The zero-order valence-electron chi connectivity index (χ0n) is 9.69. The fourth-order valence-corrected chi connectivity index (χ4v) is 1.82. The van der Waals surface area contributed by atoms with E-state index in [9.17, 15) is 4.79 Å². The maximum Gasteiger partial charge on any atom is 0.254 e. The highest BCUT2D eigenvalue weighted by atomic mass is 35.5. The van der Waals surface area contributed by atoms with Gasteiger partial charge in [0.15, 0.2) is 0 Å². The molecule has 2 N–H and O–H groups in total. The third-order valence-corrected chi connectivity index (χ3v) is 2.68. The summed E-state index contributed by atoms with van der Waals surface area (Å²) in [6.45, 7) is 1.97. The molecule has 4 nitrogen and oxygen atoms in total. The first-order valence-corrected chi connectivity index (χ1v) is 5.75. The average Bonchev–Trinajstić information content (AvgIpc) is 2.28. The highest BCUT2D eigenvalue weighted by Crippen LogP contribution is 2.16. The smallest absolute Gasteiger partial charge is 0.254 e. The second kappa shape index (κ2) is 6.59. The van der Waals surface area contributed by atoms with Gasteiger partial charge in [0.05, 0.1) is 13.2 Å². The van der Waals surface area contributed by atoms with Gasteiger partial charge >= 0.3 is 0 Å². The largest absolute Gasteiger partial charge is 0.395 e. The van der Waals surface area contributed by atoms with Gasteiger partial charge in [0, 0.05) is 23.7 Å². The van der Waals surface area contributed by atoms with Crippen LogP contribution in [0.5, 0.6) is 0 Å². The van der Waals surface area contributed by atoms with E-state index in [1.54, 1.807) is 25.1 Å². The van der Waals surface area contributed by atoms with Crippen molar-refractivity contribution in [3.05, 3.63) is 34.3 Å². The number of hydrogen-bond donors (Lipinski definition) is 2. The fraction of sp³-hybridized carbons (Fsp3) is 0.417. The lowest BCUT2D eigenvalue weighted by Crippen LogP contribution is -2.36. The van der Waals surface area contributed by atoms with Gasteiger partial charge in [0.2, 0.25) is 0 Å². The van der Waals surface area contributed by atoms with Crippen molar-refractivity contribution in [3.8, 4) is 0 Å². The molecule has 5 heteroatoms. The molecule has 0 aliphatic rings. The van der Waals surface area contributed by atoms with Crippen LogP contribution in [0.25, 0.3) is 0 Å². The summed E-state index contributed by atoms with van der Waals surface area (Å²) < 4.78 is 0. The van der Waals surface area contributed by atoms with E-state index in [0.717, 1.165) is 5.56 Å². The number of carbonyl (C=O) groups is 1. The summed E-state index contributed by atoms with van der Waals surface area (Å²) in [6, 6.07) is 5.02. The van der Waals surface area contributed by atoms with Crippen LogP contribution in [0.2, 0.25) is 5.02 Å². The number of aryl methyl sites for hydroxylation is 1. The van der Waals surface area contributed by atoms with E-state index in [4.69, 9.17) is 21.8 Å². The molecule has 0 atom stereocenters. The predicted octanol–water partition coefficient (Wildman–Crippen LogP) is 1.08. The lowest BCUT2D eigenvalue weighted by Gasteiger charge is -2.21. The van der Waals surface area contributed by atoms with Crippen LogP contribution in [0.15, 0.2) is 18.2 Å². The second-order valence-corrected chi connectivity index (χ2v) is 4.14. The molecular formula is C12H16ClNO3. The minimum absolute atomic E-state index is 0.127. The van der Waals surface area contributed by atoms with E-state index in [-0.39, 0.29) is 32.2 Å². The molecule has 0 heterocycles. The second-order valence-electron chi connectivity index (χ2n) is 3.70. The molecule has 0 spiro atoms. The van der Waals surface area contributed by atoms with Crippen molar-refractivity contribution in [2.45, 2.75) is 6.92 Å².